The molecule has 0 aliphatic heterocycles. The van der Waals surface area contributed by atoms with Crippen LogP contribution in [0.4, 0.5) is 0 Å². The molecule has 0 aliphatic rings. The number of thiophene rings is 1. The van der Waals surface area contributed by atoms with E-state index in [1.165, 1.54) is 0 Å². The van der Waals surface area contributed by atoms with Crippen LogP contribution in [0.25, 0.3) is 10.1 Å². The average Bonchev–Trinajstić information content (AvgIpc) is 3.07. The number of carboxylic acids is 1. The van der Waals surface area contributed by atoms with Crippen LogP contribution in [-0.4, -0.2) is 49.6 Å². The SMILES string of the molecule is C=CCOCCN([C@H](CC(C)C)C(=O)O)S(=O)(=O)Cc1ccc2sccc2c1. The van der Waals surface area contributed by atoms with E-state index in [1.807, 2.05) is 37.4 Å². The van der Waals surface area contributed by atoms with Gasteiger partial charge in [-0.3, -0.25) is 4.79 Å². The van der Waals surface area contributed by atoms with Crippen molar-refractivity contribution in [1.82, 2.24) is 4.31 Å². The van der Waals surface area contributed by atoms with Gasteiger partial charge in [-0.15, -0.1) is 17.9 Å². The van der Waals surface area contributed by atoms with E-state index in [0.29, 0.717) is 5.56 Å². The maximum absolute atomic E-state index is 13.2. The quantitative estimate of drug-likeness (QED) is 0.414. The van der Waals surface area contributed by atoms with Gasteiger partial charge in [0.2, 0.25) is 10.0 Å². The molecular formula is C20H27NO5S2. The molecule has 0 saturated heterocycles. The second-order valence-corrected chi connectivity index (χ2v) is 9.88. The number of ether oxygens (including phenoxy) is 1. The van der Waals surface area contributed by atoms with Crippen LogP contribution in [0.2, 0.25) is 0 Å². The van der Waals surface area contributed by atoms with Crippen LogP contribution in [0.15, 0.2) is 42.3 Å². The molecular weight excluding hydrogens is 398 g/mol. The summed E-state index contributed by atoms with van der Waals surface area (Å²) < 4.78 is 33.8. The molecule has 0 spiro atoms. The number of hydrogen-bond acceptors (Lipinski definition) is 5. The number of nitrogens with zero attached hydrogens (tertiary/aromatic N) is 1. The molecule has 6 nitrogen and oxygen atoms in total. The summed E-state index contributed by atoms with van der Waals surface area (Å²) in [6.45, 7) is 7.68. The van der Waals surface area contributed by atoms with Crippen molar-refractivity contribution in [2.75, 3.05) is 19.8 Å². The maximum atomic E-state index is 13.2. The van der Waals surface area contributed by atoms with Crippen LogP contribution in [-0.2, 0) is 25.3 Å². The summed E-state index contributed by atoms with van der Waals surface area (Å²) in [4.78, 5) is 11.8. The third kappa shape index (κ3) is 6.13. The fourth-order valence-electron chi connectivity index (χ4n) is 3.00. The van der Waals surface area contributed by atoms with Crippen LogP contribution in [0.1, 0.15) is 25.8 Å². The Morgan fingerprint density at radius 1 is 1.36 bits per heavy atom. The fourth-order valence-corrected chi connectivity index (χ4v) is 5.45. The van der Waals surface area contributed by atoms with Crippen molar-refractivity contribution >= 4 is 37.4 Å². The van der Waals surface area contributed by atoms with E-state index in [1.54, 1.807) is 23.5 Å². The van der Waals surface area contributed by atoms with Gasteiger partial charge in [-0.2, -0.15) is 4.31 Å². The Kier molecular flexibility index (Phi) is 8.18. The van der Waals surface area contributed by atoms with Gasteiger partial charge in [-0.1, -0.05) is 26.0 Å². The summed E-state index contributed by atoms with van der Waals surface area (Å²) in [5.41, 5.74) is 0.636. The third-order valence-electron chi connectivity index (χ3n) is 4.24. The van der Waals surface area contributed by atoms with Crippen molar-refractivity contribution in [3.8, 4) is 0 Å². The molecule has 28 heavy (non-hydrogen) atoms. The van der Waals surface area contributed by atoms with E-state index >= 15 is 0 Å². The van der Waals surface area contributed by atoms with Crippen LogP contribution >= 0.6 is 11.3 Å². The Bertz CT molecular complexity index is 904. The number of sulfonamides is 1. The van der Waals surface area contributed by atoms with Crippen molar-refractivity contribution in [1.29, 1.82) is 0 Å². The molecule has 0 saturated carbocycles. The zero-order chi connectivity index (χ0) is 20.7. The number of fused-ring (bicyclic) bond motifs is 1. The molecule has 1 heterocycles. The molecule has 1 aromatic heterocycles. The number of carboxylic acid groups (broad SMARTS) is 1. The molecule has 8 heteroatoms. The third-order valence-corrected chi connectivity index (χ3v) is 6.99. The molecule has 0 unspecified atom stereocenters. The maximum Gasteiger partial charge on any atom is 0.322 e. The highest BCUT2D eigenvalue weighted by atomic mass is 32.2. The Labute approximate surface area is 170 Å². The van der Waals surface area contributed by atoms with E-state index in [9.17, 15) is 18.3 Å². The predicted octanol–water partition coefficient (Wildman–Crippen LogP) is 3.74. The second-order valence-electron chi connectivity index (χ2n) is 7.01. The molecule has 154 valence electrons. The first-order valence-corrected chi connectivity index (χ1v) is 11.6. The molecule has 0 fully saturated rings. The minimum absolute atomic E-state index is 0.0133. The molecule has 0 bridgehead atoms. The lowest BCUT2D eigenvalue weighted by Crippen LogP contribution is -2.47. The summed E-state index contributed by atoms with van der Waals surface area (Å²) in [6.07, 6.45) is 1.80. The minimum atomic E-state index is -3.85. The highest BCUT2D eigenvalue weighted by Gasteiger charge is 2.35. The van der Waals surface area contributed by atoms with Crippen LogP contribution in [0.3, 0.4) is 0 Å². The minimum Gasteiger partial charge on any atom is -0.480 e. The normalized spacial score (nSPS) is 13.3. The predicted molar refractivity (Wildman–Crippen MR) is 113 cm³/mol. The van der Waals surface area contributed by atoms with Crippen molar-refractivity contribution < 1.29 is 23.1 Å². The van der Waals surface area contributed by atoms with Crippen molar-refractivity contribution in [3.63, 3.8) is 0 Å². The highest BCUT2D eigenvalue weighted by Crippen LogP contribution is 2.24. The Hall–Kier alpha value is -1.74. The van der Waals surface area contributed by atoms with Crippen molar-refractivity contribution in [2.45, 2.75) is 32.1 Å². The van der Waals surface area contributed by atoms with Crippen LogP contribution in [0.5, 0.6) is 0 Å². The topological polar surface area (TPSA) is 83.9 Å². The standard InChI is InChI=1S/C20H27NO5S2/c1-4-9-26-10-8-21(18(20(22)23)12-15(2)3)28(24,25)14-16-5-6-19-17(13-16)7-11-27-19/h4-7,11,13,15,18H,1,8-10,12,14H2,2-3H3,(H,22,23)/t18-/m1/s1. The Morgan fingerprint density at radius 2 is 2.11 bits per heavy atom. The zero-order valence-electron chi connectivity index (χ0n) is 16.2. The lowest BCUT2D eigenvalue weighted by atomic mass is 10.0. The summed E-state index contributed by atoms with van der Waals surface area (Å²) in [7, 11) is -3.85. The number of hydrogen-bond donors (Lipinski definition) is 1. The molecule has 2 aromatic rings. The second kappa shape index (κ2) is 10.2. The van der Waals surface area contributed by atoms with Gasteiger partial charge in [0.25, 0.3) is 0 Å². The first-order valence-electron chi connectivity index (χ1n) is 9.11. The van der Waals surface area contributed by atoms with E-state index in [-0.39, 0.29) is 37.9 Å². The van der Waals surface area contributed by atoms with Gasteiger partial charge in [0.15, 0.2) is 0 Å². The number of aliphatic carboxylic acids is 1. The summed E-state index contributed by atoms with van der Waals surface area (Å²) in [5.74, 6) is -1.35. The van der Waals surface area contributed by atoms with Gasteiger partial charge in [-0.05, 0) is 46.9 Å². The fraction of sp³-hybridized carbons (Fsp3) is 0.450. The van der Waals surface area contributed by atoms with E-state index in [0.717, 1.165) is 14.4 Å². The van der Waals surface area contributed by atoms with Gasteiger partial charge >= 0.3 is 5.97 Å². The number of rotatable bonds is 12. The molecule has 2 rings (SSSR count). The molecule has 0 radical (unpaired) electrons. The van der Waals surface area contributed by atoms with Gasteiger partial charge in [0, 0.05) is 11.2 Å². The van der Waals surface area contributed by atoms with Gasteiger partial charge in [0.1, 0.15) is 6.04 Å². The molecule has 1 N–H and O–H groups in total. The lowest BCUT2D eigenvalue weighted by molar-refractivity contribution is -0.142. The zero-order valence-corrected chi connectivity index (χ0v) is 17.8. The Morgan fingerprint density at radius 3 is 2.75 bits per heavy atom. The number of benzene rings is 1. The van der Waals surface area contributed by atoms with E-state index in [4.69, 9.17) is 4.74 Å². The largest absolute Gasteiger partial charge is 0.480 e. The van der Waals surface area contributed by atoms with Crippen LogP contribution in [0, 0.1) is 5.92 Å². The van der Waals surface area contributed by atoms with E-state index in [2.05, 4.69) is 6.58 Å². The molecule has 1 atom stereocenters. The van der Waals surface area contributed by atoms with Gasteiger partial charge in [-0.25, -0.2) is 8.42 Å². The molecule has 0 amide bonds. The van der Waals surface area contributed by atoms with Crippen LogP contribution < -0.4 is 0 Å². The first-order chi connectivity index (χ1) is 13.2. The molecule has 0 aliphatic carbocycles. The summed E-state index contributed by atoms with van der Waals surface area (Å²) >= 11 is 1.59. The summed E-state index contributed by atoms with van der Waals surface area (Å²) in [6, 6.07) is 6.33. The highest BCUT2D eigenvalue weighted by molar-refractivity contribution is 7.88. The van der Waals surface area contributed by atoms with Crippen molar-refractivity contribution in [3.05, 3.63) is 47.9 Å². The van der Waals surface area contributed by atoms with E-state index < -0.39 is 22.0 Å². The average molecular weight is 426 g/mol. The first kappa shape index (κ1) is 22.5. The molecule has 1 aromatic carbocycles. The smallest absolute Gasteiger partial charge is 0.322 e. The van der Waals surface area contributed by atoms with Gasteiger partial charge < -0.3 is 9.84 Å². The Balaban J connectivity index is 2.28. The van der Waals surface area contributed by atoms with Crippen molar-refractivity contribution in [2.24, 2.45) is 5.92 Å². The van der Waals surface area contributed by atoms with Gasteiger partial charge in [0.05, 0.1) is 19.0 Å². The summed E-state index contributed by atoms with van der Waals surface area (Å²) in [5, 5.41) is 12.6. The monoisotopic (exact) mass is 425 g/mol. The lowest BCUT2D eigenvalue weighted by Gasteiger charge is -2.29. The number of carbonyl (C=O) groups is 1.